The average molecular weight is 444 g/mol. The molecular formula is C25H24N4O4. The van der Waals surface area contributed by atoms with Gasteiger partial charge in [0.15, 0.2) is 11.5 Å². The zero-order chi connectivity index (χ0) is 23.4. The Bertz CT molecular complexity index is 1330. The van der Waals surface area contributed by atoms with E-state index in [0.717, 1.165) is 16.9 Å². The molecule has 2 heterocycles. The second-order valence-electron chi connectivity index (χ2n) is 7.40. The van der Waals surface area contributed by atoms with E-state index in [1.54, 1.807) is 28.9 Å². The van der Waals surface area contributed by atoms with Crippen LogP contribution >= 0.6 is 0 Å². The number of pyridine rings is 1. The average Bonchev–Trinajstić information content (AvgIpc) is 3.06. The molecule has 8 nitrogen and oxygen atoms in total. The molecule has 168 valence electrons. The Kier molecular flexibility index (Phi) is 6.26. The smallest absolute Gasteiger partial charge is 0.343 e. The van der Waals surface area contributed by atoms with E-state index in [1.807, 2.05) is 55.1 Å². The van der Waals surface area contributed by atoms with Gasteiger partial charge in [-0.25, -0.2) is 9.48 Å². The molecule has 0 atom stereocenters. The summed E-state index contributed by atoms with van der Waals surface area (Å²) < 4.78 is 14.3. The first-order chi connectivity index (χ1) is 16.0. The van der Waals surface area contributed by atoms with Crippen molar-refractivity contribution >= 4 is 11.7 Å². The SMILES string of the molecule is COc1cc(CNc2c(C)n(C)n(-c3ccccc3)c2=O)ccc1OC(=O)c1ccncc1. The van der Waals surface area contributed by atoms with Crippen LogP contribution in [0.3, 0.4) is 0 Å². The van der Waals surface area contributed by atoms with Crippen LogP contribution in [0.15, 0.2) is 77.9 Å². The van der Waals surface area contributed by atoms with Gasteiger partial charge in [0, 0.05) is 26.0 Å². The second kappa shape index (κ2) is 9.44. The van der Waals surface area contributed by atoms with Crippen molar-refractivity contribution < 1.29 is 14.3 Å². The molecule has 8 heteroatoms. The topological polar surface area (TPSA) is 87.4 Å². The van der Waals surface area contributed by atoms with Crippen LogP contribution in [0.5, 0.6) is 11.5 Å². The van der Waals surface area contributed by atoms with Gasteiger partial charge in [-0.15, -0.1) is 0 Å². The standard InChI is InChI=1S/C25H24N4O4/c1-17-23(24(30)29(28(17)2)20-7-5-4-6-8-20)27-16-18-9-10-21(22(15-18)32-3)33-25(31)19-11-13-26-14-12-19/h4-15,27H,16H2,1-3H3. The predicted octanol–water partition coefficient (Wildman–Crippen LogP) is 3.72. The van der Waals surface area contributed by atoms with Crippen LogP contribution in [0.2, 0.25) is 0 Å². The number of nitrogens with zero attached hydrogens (tertiary/aromatic N) is 3. The Morgan fingerprint density at radius 1 is 1.03 bits per heavy atom. The lowest BCUT2D eigenvalue weighted by molar-refractivity contribution is 0.0729. The molecule has 0 radical (unpaired) electrons. The summed E-state index contributed by atoms with van der Waals surface area (Å²) in [5, 5.41) is 3.24. The number of carbonyl (C=O) groups is 1. The minimum absolute atomic E-state index is 0.129. The van der Waals surface area contributed by atoms with Crippen molar-refractivity contribution in [2.45, 2.75) is 13.5 Å². The van der Waals surface area contributed by atoms with E-state index in [-0.39, 0.29) is 5.56 Å². The number of hydrogen-bond acceptors (Lipinski definition) is 6. The molecule has 0 bridgehead atoms. The van der Waals surface area contributed by atoms with Gasteiger partial charge in [-0.2, -0.15) is 0 Å². The number of benzene rings is 2. The van der Waals surface area contributed by atoms with Crippen LogP contribution < -0.4 is 20.3 Å². The zero-order valence-electron chi connectivity index (χ0n) is 18.6. The third kappa shape index (κ3) is 4.50. The van der Waals surface area contributed by atoms with E-state index >= 15 is 0 Å². The monoisotopic (exact) mass is 444 g/mol. The number of nitrogens with one attached hydrogen (secondary N) is 1. The molecule has 0 fully saturated rings. The summed E-state index contributed by atoms with van der Waals surface area (Å²) in [5.41, 5.74) is 3.27. The quantitative estimate of drug-likeness (QED) is 0.345. The van der Waals surface area contributed by atoms with E-state index in [4.69, 9.17) is 9.47 Å². The lowest BCUT2D eigenvalue weighted by atomic mass is 10.2. The molecule has 0 aliphatic heterocycles. The van der Waals surface area contributed by atoms with Crippen LogP contribution in [0, 0.1) is 6.92 Å². The lowest BCUT2D eigenvalue weighted by Gasteiger charge is -2.12. The highest BCUT2D eigenvalue weighted by molar-refractivity contribution is 5.91. The first-order valence-electron chi connectivity index (χ1n) is 10.4. The predicted molar refractivity (Wildman–Crippen MR) is 125 cm³/mol. The number of hydrogen-bond donors (Lipinski definition) is 1. The first-order valence-corrected chi connectivity index (χ1v) is 10.4. The molecule has 33 heavy (non-hydrogen) atoms. The molecule has 0 amide bonds. The van der Waals surface area contributed by atoms with Gasteiger partial charge in [-0.05, 0) is 48.9 Å². The molecule has 0 unspecified atom stereocenters. The summed E-state index contributed by atoms with van der Waals surface area (Å²) in [7, 11) is 3.36. The maximum atomic E-state index is 13.1. The molecule has 0 aliphatic rings. The largest absolute Gasteiger partial charge is 0.493 e. The molecule has 0 saturated carbocycles. The van der Waals surface area contributed by atoms with Crippen molar-refractivity contribution in [1.29, 1.82) is 0 Å². The Morgan fingerprint density at radius 3 is 2.45 bits per heavy atom. The Hall–Kier alpha value is -4.33. The van der Waals surface area contributed by atoms with Crippen molar-refractivity contribution in [3.05, 3.63) is 100 Å². The van der Waals surface area contributed by atoms with Crippen molar-refractivity contribution in [3.63, 3.8) is 0 Å². The minimum atomic E-state index is -0.497. The van der Waals surface area contributed by atoms with Crippen LogP contribution in [0.4, 0.5) is 5.69 Å². The fraction of sp³-hybridized carbons (Fsp3) is 0.160. The summed E-state index contributed by atoms with van der Waals surface area (Å²) >= 11 is 0. The molecule has 0 spiro atoms. The van der Waals surface area contributed by atoms with Crippen LogP contribution in [0.25, 0.3) is 5.69 Å². The highest BCUT2D eigenvalue weighted by atomic mass is 16.6. The molecule has 1 N–H and O–H groups in total. The number of esters is 1. The molecule has 2 aromatic heterocycles. The summed E-state index contributed by atoms with van der Waals surface area (Å²) in [6, 6.07) is 17.9. The maximum Gasteiger partial charge on any atom is 0.343 e. The van der Waals surface area contributed by atoms with E-state index in [2.05, 4.69) is 10.3 Å². The molecule has 4 aromatic rings. The molecule has 0 saturated heterocycles. The van der Waals surface area contributed by atoms with E-state index in [9.17, 15) is 9.59 Å². The van der Waals surface area contributed by atoms with Gasteiger partial charge in [-0.1, -0.05) is 24.3 Å². The highest BCUT2D eigenvalue weighted by Gasteiger charge is 2.17. The molecule has 0 aliphatic carbocycles. The summed E-state index contributed by atoms with van der Waals surface area (Å²) in [4.78, 5) is 29.3. The number of anilines is 1. The third-order valence-corrected chi connectivity index (χ3v) is 5.37. The van der Waals surface area contributed by atoms with Crippen molar-refractivity contribution in [2.24, 2.45) is 7.05 Å². The van der Waals surface area contributed by atoms with Crippen molar-refractivity contribution in [3.8, 4) is 17.2 Å². The van der Waals surface area contributed by atoms with Gasteiger partial charge < -0.3 is 14.8 Å². The lowest BCUT2D eigenvalue weighted by Crippen LogP contribution is -2.21. The van der Waals surface area contributed by atoms with E-state index < -0.39 is 5.97 Å². The van der Waals surface area contributed by atoms with Gasteiger partial charge in [0.2, 0.25) is 0 Å². The summed E-state index contributed by atoms with van der Waals surface area (Å²) in [6.45, 7) is 2.29. The van der Waals surface area contributed by atoms with Gasteiger partial charge in [0.25, 0.3) is 5.56 Å². The van der Waals surface area contributed by atoms with Gasteiger partial charge in [0.05, 0.1) is 24.1 Å². The van der Waals surface area contributed by atoms with Gasteiger partial charge >= 0.3 is 5.97 Å². The minimum Gasteiger partial charge on any atom is -0.493 e. The first kappa shape index (κ1) is 21.9. The number of methoxy groups -OCH3 is 1. The maximum absolute atomic E-state index is 13.1. The number of para-hydroxylation sites is 1. The van der Waals surface area contributed by atoms with Gasteiger partial charge in [0.1, 0.15) is 5.69 Å². The number of rotatable bonds is 7. The van der Waals surface area contributed by atoms with E-state index in [1.165, 1.54) is 19.5 Å². The van der Waals surface area contributed by atoms with E-state index in [0.29, 0.717) is 29.3 Å². The normalized spacial score (nSPS) is 10.6. The van der Waals surface area contributed by atoms with Crippen molar-refractivity contribution in [1.82, 2.24) is 14.3 Å². The second-order valence-corrected chi connectivity index (χ2v) is 7.40. The Labute approximate surface area is 191 Å². The van der Waals surface area contributed by atoms with Crippen molar-refractivity contribution in [2.75, 3.05) is 12.4 Å². The van der Waals surface area contributed by atoms with Crippen LogP contribution in [0.1, 0.15) is 21.6 Å². The Morgan fingerprint density at radius 2 is 1.76 bits per heavy atom. The zero-order valence-corrected chi connectivity index (χ0v) is 18.6. The number of ether oxygens (including phenoxy) is 2. The summed E-state index contributed by atoms with van der Waals surface area (Å²) in [5.74, 6) is 0.233. The van der Waals surface area contributed by atoms with Crippen LogP contribution in [-0.4, -0.2) is 27.4 Å². The molecular weight excluding hydrogens is 420 g/mol. The van der Waals surface area contributed by atoms with Crippen LogP contribution in [-0.2, 0) is 13.6 Å². The fourth-order valence-corrected chi connectivity index (χ4v) is 3.52. The molecule has 4 rings (SSSR count). The highest BCUT2D eigenvalue weighted by Crippen LogP contribution is 2.29. The van der Waals surface area contributed by atoms with Gasteiger partial charge in [-0.3, -0.25) is 14.5 Å². The summed E-state index contributed by atoms with van der Waals surface area (Å²) in [6.07, 6.45) is 3.06. The Balaban J connectivity index is 1.53. The fourth-order valence-electron chi connectivity index (χ4n) is 3.52. The third-order valence-electron chi connectivity index (χ3n) is 5.37. The number of aromatic nitrogens is 3. The molecule has 2 aromatic carbocycles. The number of carbonyl (C=O) groups excluding carboxylic acids is 1.